The Balaban J connectivity index is 2.03. The van der Waals surface area contributed by atoms with E-state index in [1.807, 2.05) is 13.8 Å². The van der Waals surface area contributed by atoms with Crippen molar-refractivity contribution in [2.24, 2.45) is 5.92 Å². The van der Waals surface area contributed by atoms with Crippen molar-refractivity contribution in [1.82, 2.24) is 15.5 Å². The van der Waals surface area contributed by atoms with Crippen LogP contribution in [0.3, 0.4) is 0 Å². The van der Waals surface area contributed by atoms with E-state index in [9.17, 15) is 4.79 Å². The summed E-state index contributed by atoms with van der Waals surface area (Å²) >= 11 is 0. The molecule has 1 unspecified atom stereocenters. The molecule has 1 heterocycles. The fourth-order valence-electron chi connectivity index (χ4n) is 1.96. The summed E-state index contributed by atoms with van der Waals surface area (Å²) in [5.41, 5.74) is 0. The zero-order chi connectivity index (χ0) is 11.3. The Labute approximate surface area is 92.4 Å². The number of nitrogens with zero attached hydrogens (tertiary/aromatic N) is 1. The van der Waals surface area contributed by atoms with Gasteiger partial charge < -0.3 is 15.5 Å². The molecule has 0 saturated carbocycles. The highest BCUT2D eigenvalue weighted by Crippen LogP contribution is 2.12. The zero-order valence-corrected chi connectivity index (χ0v) is 10.0. The van der Waals surface area contributed by atoms with Gasteiger partial charge in [-0.15, -0.1) is 0 Å². The maximum Gasteiger partial charge on any atom is 0.234 e. The van der Waals surface area contributed by atoms with Crippen LogP contribution in [-0.2, 0) is 4.79 Å². The first-order valence-electron chi connectivity index (χ1n) is 5.76. The molecular formula is C11H23N3O. The van der Waals surface area contributed by atoms with Crippen molar-refractivity contribution in [3.05, 3.63) is 0 Å². The van der Waals surface area contributed by atoms with E-state index >= 15 is 0 Å². The van der Waals surface area contributed by atoms with Crippen LogP contribution in [0.4, 0.5) is 0 Å². The molecule has 0 aromatic carbocycles. The largest absolute Gasteiger partial charge is 0.353 e. The number of hydrogen-bond acceptors (Lipinski definition) is 3. The lowest BCUT2D eigenvalue weighted by Crippen LogP contribution is -2.39. The molecular weight excluding hydrogens is 190 g/mol. The highest BCUT2D eigenvalue weighted by atomic mass is 16.1. The lowest BCUT2D eigenvalue weighted by molar-refractivity contribution is -0.120. The van der Waals surface area contributed by atoms with E-state index < -0.39 is 0 Å². The van der Waals surface area contributed by atoms with Crippen molar-refractivity contribution in [3.8, 4) is 0 Å². The SMILES string of the molecule is CC(C)NC(=O)CNCC1CCN(C)C1. The summed E-state index contributed by atoms with van der Waals surface area (Å²) in [6, 6.07) is 0.233. The quantitative estimate of drug-likeness (QED) is 0.678. The minimum Gasteiger partial charge on any atom is -0.353 e. The molecule has 15 heavy (non-hydrogen) atoms. The molecule has 1 aliphatic heterocycles. The molecule has 0 bridgehead atoms. The molecule has 4 heteroatoms. The van der Waals surface area contributed by atoms with Crippen LogP contribution >= 0.6 is 0 Å². The third-order valence-corrected chi connectivity index (χ3v) is 2.66. The van der Waals surface area contributed by atoms with E-state index in [1.165, 1.54) is 13.0 Å². The summed E-state index contributed by atoms with van der Waals surface area (Å²) in [5, 5.41) is 6.08. The zero-order valence-electron chi connectivity index (χ0n) is 10.0. The number of rotatable bonds is 5. The second kappa shape index (κ2) is 6.08. The Bertz CT molecular complexity index is 206. The molecule has 1 saturated heterocycles. The predicted molar refractivity (Wildman–Crippen MR) is 61.8 cm³/mol. The van der Waals surface area contributed by atoms with E-state index in [2.05, 4.69) is 22.6 Å². The molecule has 0 spiro atoms. The van der Waals surface area contributed by atoms with Gasteiger partial charge in [0.1, 0.15) is 0 Å². The maximum absolute atomic E-state index is 11.3. The number of amides is 1. The van der Waals surface area contributed by atoms with Gasteiger partial charge >= 0.3 is 0 Å². The molecule has 0 radical (unpaired) electrons. The Morgan fingerprint density at radius 2 is 2.27 bits per heavy atom. The molecule has 1 fully saturated rings. The molecule has 0 aliphatic carbocycles. The van der Waals surface area contributed by atoms with Crippen LogP contribution in [0.2, 0.25) is 0 Å². The third kappa shape index (κ3) is 5.14. The van der Waals surface area contributed by atoms with Crippen molar-refractivity contribution in [2.45, 2.75) is 26.3 Å². The normalized spacial score (nSPS) is 22.3. The molecule has 88 valence electrons. The van der Waals surface area contributed by atoms with Crippen molar-refractivity contribution in [3.63, 3.8) is 0 Å². The second-order valence-corrected chi connectivity index (χ2v) is 4.77. The van der Waals surface area contributed by atoms with Crippen molar-refractivity contribution >= 4 is 5.91 Å². The topological polar surface area (TPSA) is 44.4 Å². The first-order valence-corrected chi connectivity index (χ1v) is 5.76. The summed E-state index contributed by atoms with van der Waals surface area (Å²) in [6.45, 7) is 7.69. The molecule has 1 atom stereocenters. The lowest BCUT2D eigenvalue weighted by atomic mass is 10.1. The van der Waals surface area contributed by atoms with Gasteiger partial charge in [0.2, 0.25) is 5.91 Å². The molecule has 1 aliphatic rings. The average Bonchev–Trinajstić information content (AvgIpc) is 2.50. The van der Waals surface area contributed by atoms with E-state index in [0.29, 0.717) is 12.5 Å². The molecule has 1 amide bonds. The standard InChI is InChI=1S/C11H23N3O/c1-9(2)13-11(15)7-12-6-10-4-5-14(3)8-10/h9-10,12H,4-8H2,1-3H3,(H,13,15). The number of hydrogen-bond donors (Lipinski definition) is 2. The maximum atomic E-state index is 11.3. The summed E-state index contributed by atoms with van der Waals surface area (Å²) < 4.78 is 0. The van der Waals surface area contributed by atoms with Gasteiger partial charge in [-0.1, -0.05) is 0 Å². The van der Waals surface area contributed by atoms with Crippen LogP contribution < -0.4 is 10.6 Å². The lowest BCUT2D eigenvalue weighted by Gasteiger charge is -2.12. The van der Waals surface area contributed by atoms with Gasteiger partial charge in [-0.3, -0.25) is 4.79 Å². The van der Waals surface area contributed by atoms with Crippen LogP contribution in [0.5, 0.6) is 0 Å². The van der Waals surface area contributed by atoms with Gasteiger partial charge in [0.25, 0.3) is 0 Å². The number of carbonyl (C=O) groups is 1. The summed E-state index contributed by atoms with van der Waals surface area (Å²) in [5.74, 6) is 0.804. The van der Waals surface area contributed by atoms with E-state index in [-0.39, 0.29) is 11.9 Å². The average molecular weight is 213 g/mol. The fraction of sp³-hybridized carbons (Fsp3) is 0.909. The van der Waals surface area contributed by atoms with Gasteiger partial charge in [0.15, 0.2) is 0 Å². The third-order valence-electron chi connectivity index (χ3n) is 2.66. The van der Waals surface area contributed by atoms with Crippen molar-refractivity contribution in [1.29, 1.82) is 0 Å². The molecule has 0 aromatic rings. The Morgan fingerprint density at radius 3 is 2.80 bits per heavy atom. The number of nitrogens with one attached hydrogen (secondary N) is 2. The minimum absolute atomic E-state index is 0.0938. The highest BCUT2D eigenvalue weighted by molar-refractivity contribution is 5.78. The smallest absolute Gasteiger partial charge is 0.234 e. The predicted octanol–water partition coefficient (Wildman–Crippen LogP) is 0.0523. The van der Waals surface area contributed by atoms with Gasteiger partial charge in [0.05, 0.1) is 6.54 Å². The van der Waals surface area contributed by atoms with E-state index in [0.717, 1.165) is 13.1 Å². The summed E-state index contributed by atoms with van der Waals surface area (Å²) in [4.78, 5) is 13.6. The first-order chi connectivity index (χ1) is 7.08. The monoisotopic (exact) mass is 213 g/mol. The van der Waals surface area contributed by atoms with E-state index in [4.69, 9.17) is 0 Å². The van der Waals surface area contributed by atoms with Gasteiger partial charge in [-0.25, -0.2) is 0 Å². The van der Waals surface area contributed by atoms with E-state index in [1.54, 1.807) is 0 Å². The van der Waals surface area contributed by atoms with Crippen LogP contribution in [0.1, 0.15) is 20.3 Å². The van der Waals surface area contributed by atoms with Gasteiger partial charge in [0, 0.05) is 12.6 Å². The second-order valence-electron chi connectivity index (χ2n) is 4.77. The molecule has 2 N–H and O–H groups in total. The molecule has 1 rings (SSSR count). The molecule has 0 aromatic heterocycles. The molecule has 4 nitrogen and oxygen atoms in total. The number of likely N-dealkylation sites (tertiary alicyclic amines) is 1. The van der Waals surface area contributed by atoms with Crippen LogP contribution in [0.15, 0.2) is 0 Å². The minimum atomic E-state index is 0.0938. The summed E-state index contributed by atoms with van der Waals surface area (Å²) in [6.07, 6.45) is 1.25. The van der Waals surface area contributed by atoms with Crippen LogP contribution in [-0.4, -0.2) is 50.1 Å². The van der Waals surface area contributed by atoms with Crippen molar-refractivity contribution in [2.75, 3.05) is 33.2 Å². The Morgan fingerprint density at radius 1 is 1.53 bits per heavy atom. The Kier molecular flexibility index (Phi) is 5.05. The van der Waals surface area contributed by atoms with Crippen molar-refractivity contribution < 1.29 is 4.79 Å². The number of carbonyl (C=O) groups excluding carboxylic acids is 1. The van der Waals surface area contributed by atoms with Crippen LogP contribution in [0, 0.1) is 5.92 Å². The first kappa shape index (κ1) is 12.5. The highest BCUT2D eigenvalue weighted by Gasteiger charge is 2.18. The summed E-state index contributed by atoms with van der Waals surface area (Å²) in [7, 11) is 2.14. The fourth-order valence-corrected chi connectivity index (χ4v) is 1.96. The van der Waals surface area contributed by atoms with Gasteiger partial charge in [-0.2, -0.15) is 0 Å². The van der Waals surface area contributed by atoms with Gasteiger partial charge in [-0.05, 0) is 46.3 Å². The Hall–Kier alpha value is -0.610. The van der Waals surface area contributed by atoms with Crippen LogP contribution in [0.25, 0.3) is 0 Å².